The van der Waals surface area contributed by atoms with Crippen LogP contribution in [-0.2, 0) is 11.8 Å². The largest absolute Gasteiger partial charge is 0.447 e. The van der Waals surface area contributed by atoms with E-state index >= 15 is 0 Å². The molecule has 136 valence electrons. The standard InChI is InChI=1S/C18H21N5O3/c1-21-9-13(8-20-21)15-10-22(11-16(15)19)17(24)12-2-4-14(5-3-12)23-6-7-26-18(23)25/h2-5,8-9,15-16H,6-7,10-11,19H2,1H3/t15-,16+/m0/s1. The van der Waals surface area contributed by atoms with Crippen molar-refractivity contribution >= 4 is 17.7 Å². The van der Waals surface area contributed by atoms with E-state index in [9.17, 15) is 9.59 Å². The van der Waals surface area contributed by atoms with Gasteiger partial charge in [0.1, 0.15) is 6.61 Å². The van der Waals surface area contributed by atoms with Crippen molar-refractivity contribution in [1.29, 1.82) is 0 Å². The molecule has 0 aliphatic carbocycles. The van der Waals surface area contributed by atoms with Gasteiger partial charge < -0.3 is 15.4 Å². The molecule has 0 bridgehead atoms. The molecular formula is C18H21N5O3. The Kier molecular flexibility index (Phi) is 4.12. The first-order valence-corrected chi connectivity index (χ1v) is 8.60. The zero-order valence-corrected chi connectivity index (χ0v) is 14.5. The van der Waals surface area contributed by atoms with Gasteiger partial charge in [-0.05, 0) is 29.8 Å². The number of amides is 2. The summed E-state index contributed by atoms with van der Waals surface area (Å²) in [6, 6.07) is 6.92. The third kappa shape index (κ3) is 2.92. The minimum Gasteiger partial charge on any atom is -0.447 e. The van der Waals surface area contributed by atoms with Crippen LogP contribution in [0.5, 0.6) is 0 Å². The molecule has 0 radical (unpaired) electrons. The predicted molar refractivity (Wildman–Crippen MR) is 95.0 cm³/mol. The molecule has 0 saturated carbocycles. The maximum Gasteiger partial charge on any atom is 0.414 e. The van der Waals surface area contributed by atoms with Gasteiger partial charge in [-0.1, -0.05) is 0 Å². The van der Waals surface area contributed by atoms with Crippen LogP contribution in [0.2, 0.25) is 0 Å². The van der Waals surface area contributed by atoms with Crippen molar-refractivity contribution in [2.75, 3.05) is 31.1 Å². The number of carbonyl (C=O) groups excluding carboxylic acids is 2. The number of aromatic nitrogens is 2. The minimum absolute atomic E-state index is 0.0533. The van der Waals surface area contributed by atoms with Gasteiger partial charge in [0.15, 0.2) is 0 Å². The summed E-state index contributed by atoms with van der Waals surface area (Å²) in [4.78, 5) is 27.8. The van der Waals surface area contributed by atoms with Gasteiger partial charge in [0.05, 0.1) is 12.7 Å². The third-order valence-electron chi connectivity index (χ3n) is 4.99. The lowest BCUT2D eigenvalue weighted by atomic mass is 9.98. The van der Waals surface area contributed by atoms with Crippen LogP contribution >= 0.6 is 0 Å². The summed E-state index contributed by atoms with van der Waals surface area (Å²) in [6.45, 7) is 2.01. The number of hydrogen-bond acceptors (Lipinski definition) is 5. The lowest BCUT2D eigenvalue weighted by molar-refractivity contribution is 0.0789. The highest BCUT2D eigenvalue weighted by Gasteiger charge is 2.35. The summed E-state index contributed by atoms with van der Waals surface area (Å²) >= 11 is 0. The number of nitrogens with two attached hydrogens (primary N) is 1. The van der Waals surface area contributed by atoms with Gasteiger partial charge in [-0.15, -0.1) is 0 Å². The Bertz CT molecular complexity index is 832. The Morgan fingerprint density at radius 3 is 2.65 bits per heavy atom. The molecule has 2 atom stereocenters. The summed E-state index contributed by atoms with van der Waals surface area (Å²) < 4.78 is 6.68. The molecule has 2 amide bonds. The van der Waals surface area contributed by atoms with E-state index in [1.54, 1.807) is 38.7 Å². The lowest BCUT2D eigenvalue weighted by Crippen LogP contribution is -2.32. The number of carbonyl (C=O) groups is 2. The highest BCUT2D eigenvalue weighted by Crippen LogP contribution is 2.28. The van der Waals surface area contributed by atoms with E-state index in [0.29, 0.717) is 31.8 Å². The van der Waals surface area contributed by atoms with Crippen molar-refractivity contribution in [2.45, 2.75) is 12.0 Å². The topological polar surface area (TPSA) is 93.7 Å². The summed E-state index contributed by atoms with van der Waals surface area (Å²) in [5.41, 5.74) is 8.63. The van der Waals surface area contributed by atoms with E-state index in [2.05, 4.69) is 5.10 Å². The van der Waals surface area contributed by atoms with Crippen LogP contribution < -0.4 is 10.6 Å². The van der Waals surface area contributed by atoms with Crippen molar-refractivity contribution in [3.05, 3.63) is 47.8 Å². The van der Waals surface area contributed by atoms with Crippen molar-refractivity contribution in [2.24, 2.45) is 12.8 Å². The van der Waals surface area contributed by atoms with Gasteiger partial charge in [-0.25, -0.2) is 4.79 Å². The molecule has 2 fully saturated rings. The summed E-state index contributed by atoms with van der Waals surface area (Å²) in [6.07, 6.45) is 3.40. The number of ether oxygens (including phenoxy) is 1. The minimum atomic E-state index is -0.353. The number of rotatable bonds is 3. The number of nitrogens with zero attached hydrogens (tertiary/aromatic N) is 4. The molecule has 3 heterocycles. The molecule has 0 unspecified atom stereocenters. The first kappa shape index (κ1) is 16.6. The molecule has 8 heteroatoms. The molecular weight excluding hydrogens is 334 g/mol. The molecule has 2 aliphatic rings. The van der Waals surface area contributed by atoms with E-state index in [1.807, 2.05) is 19.4 Å². The Morgan fingerprint density at radius 1 is 1.27 bits per heavy atom. The fourth-order valence-electron chi connectivity index (χ4n) is 3.57. The van der Waals surface area contributed by atoms with Crippen molar-refractivity contribution in [3.8, 4) is 0 Å². The van der Waals surface area contributed by atoms with E-state index in [4.69, 9.17) is 10.5 Å². The maximum atomic E-state index is 12.8. The second-order valence-corrected chi connectivity index (χ2v) is 6.74. The SMILES string of the molecule is Cn1cc([C@@H]2CN(C(=O)c3ccc(N4CCOC4=O)cc3)C[C@H]2N)cn1. The highest BCUT2D eigenvalue weighted by molar-refractivity contribution is 5.96. The summed E-state index contributed by atoms with van der Waals surface area (Å²) in [5, 5.41) is 4.19. The molecule has 1 aromatic heterocycles. The maximum absolute atomic E-state index is 12.8. The Hall–Kier alpha value is -2.87. The van der Waals surface area contributed by atoms with Gasteiger partial charge >= 0.3 is 6.09 Å². The first-order chi connectivity index (χ1) is 12.5. The molecule has 0 spiro atoms. The normalized spacial score (nSPS) is 22.8. The van der Waals surface area contributed by atoms with Crippen molar-refractivity contribution < 1.29 is 14.3 Å². The van der Waals surface area contributed by atoms with Crippen LogP contribution in [0, 0.1) is 0 Å². The van der Waals surface area contributed by atoms with Gasteiger partial charge in [-0.3, -0.25) is 14.4 Å². The molecule has 2 N–H and O–H groups in total. The van der Waals surface area contributed by atoms with Crippen LogP contribution in [0.3, 0.4) is 0 Å². The van der Waals surface area contributed by atoms with Crippen molar-refractivity contribution in [1.82, 2.24) is 14.7 Å². The number of benzene rings is 1. The smallest absolute Gasteiger partial charge is 0.414 e. The quantitative estimate of drug-likeness (QED) is 0.884. The molecule has 26 heavy (non-hydrogen) atoms. The molecule has 2 aromatic rings. The number of anilines is 1. The number of cyclic esters (lactones) is 1. The second kappa shape index (κ2) is 6.45. The number of likely N-dealkylation sites (tertiary alicyclic amines) is 1. The Morgan fingerprint density at radius 2 is 2.04 bits per heavy atom. The summed E-state index contributed by atoms with van der Waals surface area (Å²) in [7, 11) is 1.87. The molecule has 2 saturated heterocycles. The van der Waals surface area contributed by atoms with E-state index < -0.39 is 0 Å². The zero-order valence-electron chi connectivity index (χ0n) is 14.5. The van der Waals surface area contributed by atoms with Gasteiger partial charge in [0, 0.05) is 49.5 Å². The molecule has 2 aliphatic heterocycles. The van der Waals surface area contributed by atoms with Gasteiger partial charge in [-0.2, -0.15) is 5.10 Å². The number of hydrogen-bond donors (Lipinski definition) is 1. The van der Waals surface area contributed by atoms with E-state index in [0.717, 1.165) is 11.3 Å². The average molecular weight is 355 g/mol. The van der Waals surface area contributed by atoms with Gasteiger partial charge in [0.2, 0.25) is 0 Å². The molecule has 4 rings (SSSR count). The summed E-state index contributed by atoms with van der Waals surface area (Å²) in [5.74, 6) is 0.0358. The van der Waals surface area contributed by atoms with Crippen molar-refractivity contribution in [3.63, 3.8) is 0 Å². The first-order valence-electron chi connectivity index (χ1n) is 8.60. The van der Waals surface area contributed by atoms with Crippen LogP contribution in [0.15, 0.2) is 36.7 Å². The fourth-order valence-corrected chi connectivity index (χ4v) is 3.57. The molecule has 8 nitrogen and oxygen atoms in total. The Balaban J connectivity index is 1.47. The zero-order chi connectivity index (χ0) is 18.3. The Labute approximate surface area is 151 Å². The predicted octanol–water partition coefficient (Wildman–Crippen LogP) is 0.944. The van der Waals surface area contributed by atoms with Gasteiger partial charge in [0.25, 0.3) is 5.91 Å². The second-order valence-electron chi connectivity index (χ2n) is 6.74. The van der Waals surface area contributed by atoms with Crippen LogP contribution in [0.4, 0.5) is 10.5 Å². The van der Waals surface area contributed by atoms with Crippen LogP contribution in [0.25, 0.3) is 0 Å². The highest BCUT2D eigenvalue weighted by atomic mass is 16.6. The number of aryl methyl sites for hydroxylation is 1. The fraction of sp³-hybridized carbons (Fsp3) is 0.389. The average Bonchev–Trinajstić information content (AvgIpc) is 3.34. The van der Waals surface area contributed by atoms with Crippen LogP contribution in [0.1, 0.15) is 21.8 Å². The van der Waals surface area contributed by atoms with Crippen LogP contribution in [-0.4, -0.2) is 59.0 Å². The lowest BCUT2D eigenvalue weighted by Gasteiger charge is -2.17. The molecule has 1 aromatic carbocycles. The monoisotopic (exact) mass is 355 g/mol. The van der Waals surface area contributed by atoms with E-state index in [1.165, 1.54) is 0 Å². The van der Waals surface area contributed by atoms with E-state index in [-0.39, 0.29) is 24.0 Å². The third-order valence-corrected chi connectivity index (χ3v) is 4.99.